The molecular formula is C20H16ClN3OS2. The van der Waals surface area contributed by atoms with Gasteiger partial charge in [0.25, 0.3) is 0 Å². The van der Waals surface area contributed by atoms with Crippen molar-refractivity contribution in [3.8, 4) is 6.07 Å². The third-order valence-electron chi connectivity index (χ3n) is 4.60. The number of nitrogens with zero attached hydrogens (tertiary/aromatic N) is 2. The second-order valence-corrected chi connectivity index (χ2v) is 8.68. The van der Waals surface area contributed by atoms with Gasteiger partial charge in [-0.25, -0.2) is 0 Å². The predicted octanol–water partition coefficient (Wildman–Crippen LogP) is 4.92. The first-order chi connectivity index (χ1) is 13.2. The lowest BCUT2D eigenvalue weighted by Gasteiger charge is -2.34. The van der Waals surface area contributed by atoms with Crippen LogP contribution in [0.5, 0.6) is 0 Å². The summed E-state index contributed by atoms with van der Waals surface area (Å²) in [5, 5.41) is 16.4. The molecule has 4 nitrogen and oxygen atoms in total. The van der Waals surface area contributed by atoms with E-state index < -0.39 is 0 Å². The zero-order valence-electron chi connectivity index (χ0n) is 14.3. The van der Waals surface area contributed by atoms with Crippen molar-refractivity contribution in [2.24, 2.45) is 0 Å². The molecule has 3 aromatic rings. The Morgan fingerprint density at radius 3 is 2.93 bits per heavy atom. The Morgan fingerprint density at radius 2 is 2.19 bits per heavy atom. The van der Waals surface area contributed by atoms with Gasteiger partial charge in [0.15, 0.2) is 0 Å². The SMILES string of the molecule is N#Cc1ccc(NC(=O)CN2CCc3sccc3C2c2cccs2)cc1Cl. The maximum absolute atomic E-state index is 12.7. The summed E-state index contributed by atoms with van der Waals surface area (Å²) >= 11 is 9.57. The Kier molecular flexibility index (Phi) is 5.28. The number of hydrogen-bond acceptors (Lipinski definition) is 5. The number of anilines is 1. The maximum Gasteiger partial charge on any atom is 0.238 e. The van der Waals surface area contributed by atoms with Crippen molar-refractivity contribution < 1.29 is 4.79 Å². The number of fused-ring (bicyclic) bond motifs is 1. The standard InChI is InChI=1S/C20H16ClN3OS2/c21-16-10-14(4-3-13(16)11-22)23-19(25)12-24-7-5-17-15(6-9-27-17)20(24)18-2-1-8-26-18/h1-4,6,8-10,20H,5,7,12H2,(H,23,25). The molecule has 0 saturated heterocycles. The fraction of sp³-hybridized carbons (Fsp3) is 0.200. The number of nitriles is 1. The lowest BCUT2D eigenvalue weighted by Crippen LogP contribution is -2.40. The number of benzene rings is 1. The molecule has 1 amide bonds. The second-order valence-electron chi connectivity index (χ2n) is 6.29. The Hall–Kier alpha value is -2.17. The molecule has 0 aliphatic carbocycles. The van der Waals surface area contributed by atoms with Crippen LogP contribution in [0.2, 0.25) is 5.02 Å². The zero-order chi connectivity index (χ0) is 18.8. The molecule has 4 rings (SSSR count). The van der Waals surface area contributed by atoms with Crippen molar-refractivity contribution in [3.05, 3.63) is 73.1 Å². The topological polar surface area (TPSA) is 56.1 Å². The van der Waals surface area contributed by atoms with Crippen molar-refractivity contribution in [3.63, 3.8) is 0 Å². The molecule has 1 aliphatic heterocycles. The highest BCUT2D eigenvalue weighted by Crippen LogP contribution is 2.39. The number of carbonyl (C=O) groups excluding carboxylic acids is 1. The van der Waals surface area contributed by atoms with Crippen LogP contribution in [-0.2, 0) is 11.2 Å². The number of rotatable bonds is 4. The van der Waals surface area contributed by atoms with Crippen molar-refractivity contribution in [2.75, 3.05) is 18.4 Å². The van der Waals surface area contributed by atoms with Gasteiger partial charge >= 0.3 is 0 Å². The summed E-state index contributed by atoms with van der Waals surface area (Å²) in [5.74, 6) is -0.0870. The van der Waals surface area contributed by atoms with Gasteiger partial charge in [0.05, 0.1) is 23.2 Å². The van der Waals surface area contributed by atoms with Gasteiger partial charge in [0, 0.05) is 22.0 Å². The van der Waals surface area contributed by atoms with Crippen LogP contribution in [0.4, 0.5) is 5.69 Å². The fourth-order valence-corrected chi connectivity index (χ4v) is 5.39. The molecule has 1 unspecified atom stereocenters. The van der Waals surface area contributed by atoms with E-state index in [1.807, 2.05) is 6.07 Å². The van der Waals surface area contributed by atoms with E-state index in [0.29, 0.717) is 22.8 Å². The summed E-state index contributed by atoms with van der Waals surface area (Å²) in [5.41, 5.74) is 2.31. The third-order valence-corrected chi connectivity index (χ3v) is 6.83. The van der Waals surface area contributed by atoms with E-state index >= 15 is 0 Å². The van der Waals surface area contributed by atoms with E-state index in [4.69, 9.17) is 16.9 Å². The Labute approximate surface area is 170 Å². The van der Waals surface area contributed by atoms with E-state index in [1.54, 1.807) is 40.9 Å². The van der Waals surface area contributed by atoms with Crippen LogP contribution in [-0.4, -0.2) is 23.9 Å². The largest absolute Gasteiger partial charge is 0.325 e. The molecule has 1 aromatic carbocycles. The highest BCUT2D eigenvalue weighted by molar-refractivity contribution is 7.10. The summed E-state index contributed by atoms with van der Waals surface area (Å²) in [6.45, 7) is 1.15. The van der Waals surface area contributed by atoms with Crippen LogP contribution in [0.1, 0.15) is 26.9 Å². The van der Waals surface area contributed by atoms with Crippen molar-refractivity contribution in [1.82, 2.24) is 4.90 Å². The Bertz CT molecular complexity index is 1010. The van der Waals surface area contributed by atoms with Gasteiger partial charge < -0.3 is 5.32 Å². The van der Waals surface area contributed by atoms with Gasteiger partial charge in [-0.2, -0.15) is 5.26 Å². The van der Waals surface area contributed by atoms with Gasteiger partial charge in [-0.15, -0.1) is 22.7 Å². The van der Waals surface area contributed by atoms with Crippen LogP contribution in [0.15, 0.2) is 47.2 Å². The van der Waals surface area contributed by atoms with Crippen molar-refractivity contribution >= 4 is 45.9 Å². The maximum atomic E-state index is 12.7. The molecule has 0 bridgehead atoms. The van der Waals surface area contributed by atoms with Gasteiger partial charge in [-0.3, -0.25) is 9.69 Å². The van der Waals surface area contributed by atoms with Crippen LogP contribution >= 0.6 is 34.3 Å². The molecule has 0 saturated carbocycles. The molecule has 0 radical (unpaired) electrons. The number of carbonyl (C=O) groups is 1. The molecule has 27 heavy (non-hydrogen) atoms. The molecular weight excluding hydrogens is 398 g/mol. The highest BCUT2D eigenvalue weighted by atomic mass is 35.5. The average Bonchev–Trinajstić information content (AvgIpc) is 3.33. The quantitative estimate of drug-likeness (QED) is 0.660. The summed E-state index contributed by atoms with van der Waals surface area (Å²) < 4.78 is 0. The fourth-order valence-electron chi connectivity index (χ4n) is 3.39. The number of nitrogens with one attached hydrogen (secondary N) is 1. The average molecular weight is 414 g/mol. The second kappa shape index (κ2) is 7.83. The lowest BCUT2D eigenvalue weighted by molar-refractivity contribution is -0.117. The summed E-state index contributed by atoms with van der Waals surface area (Å²) in [4.78, 5) is 17.5. The summed E-state index contributed by atoms with van der Waals surface area (Å²) in [7, 11) is 0. The summed E-state index contributed by atoms with van der Waals surface area (Å²) in [6.07, 6.45) is 0.963. The number of halogens is 1. The van der Waals surface area contributed by atoms with Crippen molar-refractivity contribution in [2.45, 2.75) is 12.5 Å². The Balaban J connectivity index is 1.52. The van der Waals surface area contributed by atoms with Gasteiger partial charge in [-0.05, 0) is 53.1 Å². The van der Waals surface area contributed by atoms with E-state index in [9.17, 15) is 4.79 Å². The molecule has 0 fully saturated rings. The molecule has 0 spiro atoms. The van der Waals surface area contributed by atoms with E-state index in [0.717, 1.165) is 13.0 Å². The number of hydrogen-bond donors (Lipinski definition) is 1. The molecule has 3 heterocycles. The number of thiophene rings is 2. The molecule has 7 heteroatoms. The molecule has 1 aliphatic rings. The molecule has 1 N–H and O–H groups in total. The van der Waals surface area contributed by atoms with Crippen LogP contribution in [0.3, 0.4) is 0 Å². The minimum Gasteiger partial charge on any atom is -0.325 e. The van der Waals surface area contributed by atoms with E-state index in [1.165, 1.54) is 15.3 Å². The normalized spacial score (nSPS) is 16.5. The zero-order valence-corrected chi connectivity index (χ0v) is 16.7. The molecule has 1 atom stereocenters. The molecule has 2 aromatic heterocycles. The Morgan fingerprint density at radius 1 is 1.30 bits per heavy atom. The van der Waals surface area contributed by atoms with Gasteiger partial charge in [0.2, 0.25) is 5.91 Å². The summed E-state index contributed by atoms with van der Waals surface area (Å²) in [6, 6.07) is 13.4. The van der Waals surface area contributed by atoms with Crippen LogP contribution in [0, 0.1) is 11.3 Å². The van der Waals surface area contributed by atoms with Gasteiger partial charge in [-0.1, -0.05) is 17.7 Å². The predicted molar refractivity (Wildman–Crippen MR) is 111 cm³/mol. The monoisotopic (exact) mass is 413 g/mol. The van der Waals surface area contributed by atoms with E-state index in [-0.39, 0.29) is 11.9 Å². The smallest absolute Gasteiger partial charge is 0.238 e. The van der Waals surface area contributed by atoms with Crippen LogP contribution < -0.4 is 5.32 Å². The molecule has 136 valence electrons. The minimum absolute atomic E-state index is 0.0870. The van der Waals surface area contributed by atoms with Crippen LogP contribution in [0.25, 0.3) is 0 Å². The highest BCUT2D eigenvalue weighted by Gasteiger charge is 2.31. The first kappa shape index (κ1) is 18.2. The number of amides is 1. The van der Waals surface area contributed by atoms with Crippen molar-refractivity contribution in [1.29, 1.82) is 5.26 Å². The lowest BCUT2D eigenvalue weighted by atomic mass is 9.98. The third kappa shape index (κ3) is 3.78. The first-order valence-electron chi connectivity index (χ1n) is 8.49. The van der Waals surface area contributed by atoms with E-state index in [2.05, 4.69) is 39.2 Å². The van der Waals surface area contributed by atoms with Gasteiger partial charge in [0.1, 0.15) is 6.07 Å². The minimum atomic E-state index is -0.0870. The first-order valence-corrected chi connectivity index (χ1v) is 10.6.